The second-order valence-electron chi connectivity index (χ2n) is 4.81. The smallest absolute Gasteiger partial charge is 0.322 e. The molecule has 0 saturated carbocycles. The van der Waals surface area contributed by atoms with E-state index in [1.165, 1.54) is 6.92 Å². The number of rotatable bonds is 10. The van der Waals surface area contributed by atoms with E-state index in [-0.39, 0.29) is 0 Å². The number of carbonyl (C=O) groups excluding carboxylic acids is 3. The molecular formula is C12H20N4O8. The number of amides is 3. The first-order valence-electron chi connectivity index (χ1n) is 6.76. The molecule has 0 fully saturated rings. The predicted molar refractivity (Wildman–Crippen MR) is 77.5 cm³/mol. The van der Waals surface area contributed by atoms with E-state index >= 15 is 0 Å². The first-order chi connectivity index (χ1) is 11.0. The van der Waals surface area contributed by atoms with Gasteiger partial charge in [-0.3, -0.25) is 24.0 Å². The van der Waals surface area contributed by atoms with Crippen molar-refractivity contribution in [2.75, 3.05) is 13.1 Å². The predicted octanol–water partition coefficient (Wildman–Crippen LogP) is -4.03. The number of aliphatic hydroxyl groups excluding tert-OH is 1. The SMILES string of the molecule is CC(O)C(N)C(=O)NCC(=O)NC(CC(=O)O)C(=O)NCC(=O)O. The number of aliphatic carboxylic acids is 2. The minimum Gasteiger partial charge on any atom is -0.481 e. The fraction of sp³-hybridized carbons (Fsp3) is 0.583. The fourth-order valence-corrected chi connectivity index (χ4v) is 1.42. The lowest BCUT2D eigenvalue weighted by Gasteiger charge is -2.17. The Morgan fingerprint density at radius 2 is 1.50 bits per heavy atom. The van der Waals surface area contributed by atoms with Crippen LogP contribution in [0, 0.1) is 0 Å². The van der Waals surface area contributed by atoms with Crippen molar-refractivity contribution in [2.24, 2.45) is 5.73 Å². The second kappa shape index (κ2) is 10.1. The van der Waals surface area contributed by atoms with Crippen LogP contribution in [0.2, 0.25) is 0 Å². The Labute approximate surface area is 136 Å². The Morgan fingerprint density at radius 3 is 1.96 bits per heavy atom. The molecular weight excluding hydrogens is 328 g/mol. The molecule has 136 valence electrons. The molecule has 0 heterocycles. The van der Waals surface area contributed by atoms with Crippen molar-refractivity contribution in [3.8, 4) is 0 Å². The quantitative estimate of drug-likeness (QED) is 0.205. The monoisotopic (exact) mass is 348 g/mol. The van der Waals surface area contributed by atoms with Gasteiger partial charge >= 0.3 is 11.9 Å². The standard InChI is InChI=1S/C12H20N4O8/c1-5(17)10(13)12(24)14-3-7(18)16-6(2-8(19)20)11(23)15-4-9(21)22/h5-6,10,17H,2-4,13H2,1H3,(H,14,24)(H,15,23)(H,16,18)(H,19,20)(H,21,22). The van der Waals surface area contributed by atoms with E-state index in [9.17, 15) is 24.0 Å². The van der Waals surface area contributed by atoms with E-state index in [0.29, 0.717) is 0 Å². The van der Waals surface area contributed by atoms with Crippen molar-refractivity contribution in [2.45, 2.75) is 31.5 Å². The first-order valence-corrected chi connectivity index (χ1v) is 6.76. The van der Waals surface area contributed by atoms with Crippen LogP contribution < -0.4 is 21.7 Å². The molecule has 12 heteroatoms. The number of hydrogen-bond donors (Lipinski definition) is 7. The third kappa shape index (κ3) is 8.65. The van der Waals surface area contributed by atoms with E-state index < -0.39 is 67.4 Å². The van der Waals surface area contributed by atoms with Crippen molar-refractivity contribution in [3.63, 3.8) is 0 Å². The van der Waals surface area contributed by atoms with Gasteiger partial charge < -0.3 is 37.0 Å². The highest BCUT2D eigenvalue weighted by Crippen LogP contribution is 1.94. The molecule has 24 heavy (non-hydrogen) atoms. The summed E-state index contributed by atoms with van der Waals surface area (Å²) in [5.74, 6) is -5.45. The van der Waals surface area contributed by atoms with Gasteiger partial charge in [0.25, 0.3) is 0 Å². The minimum absolute atomic E-state index is 0.610. The lowest BCUT2D eigenvalue weighted by Crippen LogP contribution is -2.53. The van der Waals surface area contributed by atoms with Gasteiger partial charge in [0.1, 0.15) is 18.6 Å². The lowest BCUT2D eigenvalue weighted by atomic mass is 10.2. The lowest BCUT2D eigenvalue weighted by molar-refractivity contribution is -0.141. The molecule has 3 atom stereocenters. The maximum Gasteiger partial charge on any atom is 0.322 e. The van der Waals surface area contributed by atoms with Gasteiger partial charge in [0.05, 0.1) is 19.1 Å². The van der Waals surface area contributed by atoms with Gasteiger partial charge in [-0.25, -0.2) is 0 Å². The van der Waals surface area contributed by atoms with Gasteiger partial charge in [0.15, 0.2) is 0 Å². The molecule has 0 bridgehead atoms. The normalized spacial score (nSPS) is 14.0. The van der Waals surface area contributed by atoms with Crippen LogP contribution in [0.5, 0.6) is 0 Å². The van der Waals surface area contributed by atoms with Crippen molar-refractivity contribution < 1.29 is 39.3 Å². The number of carboxylic acid groups (broad SMARTS) is 2. The second-order valence-corrected chi connectivity index (χ2v) is 4.81. The largest absolute Gasteiger partial charge is 0.481 e. The molecule has 0 aromatic carbocycles. The van der Waals surface area contributed by atoms with Crippen LogP contribution in [-0.2, 0) is 24.0 Å². The van der Waals surface area contributed by atoms with Crippen LogP contribution in [0.3, 0.4) is 0 Å². The third-order valence-corrected chi connectivity index (χ3v) is 2.69. The molecule has 0 aromatic heterocycles. The zero-order valence-corrected chi connectivity index (χ0v) is 12.8. The highest BCUT2D eigenvalue weighted by molar-refractivity contribution is 5.93. The van der Waals surface area contributed by atoms with Crippen LogP contribution in [0.25, 0.3) is 0 Å². The molecule has 8 N–H and O–H groups in total. The van der Waals surface area contributed by atoms with E-state index in [2.05, 4.69) is 10.6 Å². The van der Waals surface area contributed by atoms with E-state index in [0.717, 1.165) is 0 Å². The van der Waals surface area contributed by atoms with E-state index in [1.54, 1.807) is 0 Å². The number of aliphatic hydroxyl groups is 1. The van der Waals surface area contributed by atoms with Crippen LogP contribution in [0.1, 0.15) is 13.3 Å². The Kier molecular flexibility index (Phi) is 8.97. The van der Waals surface area contributed by atoms with Crippen molar-refractivity contribution in [1.82, 2.24) is 16.0 Å². The van der Waals surface area contributed by atoms with E-state index in [1.807, 2.05) is 5.32 Å². The number of carbonyl (C=O) groups is 5. The molecule has 0 radical (unpaired) electrons. The summed E-state index contributed by atoms with van der Waals surface area (Å²) in [6.07, 6.45) is -1.92. The van der Waals surface area contributed by atoms with Crippen molar-refractivity contribution >= 4 is 29.7 Å². The van der Waals surface area contributed by atoms with Gasteiger partial charge in [0, 0.05) is 0 Å². The number of hydrogen-bond acceptors (Lipinski definition) is 7. The topological polar surface area (TPSA) is 208 Å². The Bertz CT molecular complexity index is 507. The van der Waals surface area contributed by atoms with Gasteiger partial charge in [0.2, 0.25) is 17.7 Å². The Morgan fingerprint density at radius 1 is 0.958 bits per heavy atom. The average Bonchev–Trinajstić information content (AvgIpc) is 2.48. The van der Waals surface area contributed by atoms with Crippen LogP contribution in [0.4, 0.5) is 0 Å². The summed E-state index contributed by atoms with van der Waals surface area (Å²) in [5, 5.41) is 32.4. The number of nitrogens with one attached hydrogen (secondary N) is 3. The third-order valence-electron chi connectivity index (χ3n) is 2.69. The van der Waals surface area contributed by atoms with Gasteiger partial charge in [-0.2, -0.15) is 0 Å². The van der Waals surface area contributed by atoms with Crippen molar-refractivity contribution in [1.29, 1.82) is 0 Å². The zero-order chi connectivity index (χ0) is 18.9. The molecule has 0 saturated heterocycles. The Hall–Kier alpha value is -2.73. The minimum atomic E-state index is -1.52. The zero-order valence-electron chi connectivity index (χ0n) is 12.8. The van der Waals surface area contributed by atoms with Gasteiger partial charge in [-0.15, -0.1) is 0 Å². The maximum atomic E-state index is 11.7. The number of carboxylic acids is 2. The van der Waals surface area contributed by atoms with E-state index in [4.69, 9.17) is 21.1 Å². The maximum absolute atomic E-state index is 11.7. The van der Waals surface area contributed by atoms with Gasteiger partial charge in [-0.1, -0.05) is 0 Å². The summed E-state index contributed by atoms with van der Waals surface area (Å²) in [6, 6.07) is -2.77. The molecule has 0 aromatic rings. The highest BCUT2D eigenvalue weighted by Gasteiger charge is 2.25. The molecule has 12 nitrogen and oxygen atoms in total. The first kappa shape index (κ1) is 21.3. The summed E-state index contributed by atoms with van der Waals surface area (Å²) in [7, 11) is 0. The van der Waals surface area contributed by atoms with Crippen LogP contribution in [-0.4, -0.2) is 76.3 Å². The summed E-state index contributed by atoms with van der Waals surface area (Å²) >= 11 is 0. The molecule has 0 aliphatic rings. The number of nitrogens with two attached hydrogens (primary N) is 1. The molecule has 0 spiro atoms. The Balaban J connectivity index is 4.59. The van der Waals surface area contributed by atoms with Gasteiger partial charge in [-0.05, 0) is 6.92 Å². The highest BCUT2D eigenvalue weighted by atomic mass is 16.4. The molecule has 0 aliphatic carbocycles. The fourth-order valence-electron chi connectivity index (χ4n) is 1.42. The van der Waals surface area contributed by atoms with Crippen LogP contribution >= 0.6 is 0 Å². The summed E-state index contributed by atoms with van der Waals surface area (Å²) in [5.41, 5.74) is 5.34. The molecule has 0 rings (SSSR count). The van der Waals surface area contributed by atoms with Crippen molar-refractivity contribution in [3.05, 3.63) is 0 Å². The van der Waals surface area contributed by atoms with Crippen LogP contribution in [0.15, 0.2) is 0 Å². The summed E-state index contributed by atoms with van der Waals surface area (Å²) in [4.78, 5) is 55.8. The summed E-state index contributed by atoms with van der Waals surface area (Å²) in [6.45, 7) is -0.0770. The average molecular weight is 348 g/mol. The molecule has 3 unspecified atom stereocenters. The summed E-state index contributed by atoms with van der Waals surface area (Å²) < 4.78 is 0. The molecule has 0 aliphatic heterocycles. The molecule has 3 amide bonds.